The Morgan fingerprint density at radius 3 is 3.00 bits per heavy atom. The van der Waals surface area contributed by atoms with Crippen molar-refractivity contribution < 1.29 is 9.90 Å². The number of hydrogen-bond acceptors (Lipinski definition) is 3. The highest BCUT2D eigenvalue weighted by atomic mass is 16.3. The molecule has 1 aliphatic heterocycles. The number of rotatable bonds is 6. The molecule has 1 fully saturated rings. The molecule has 2 aliphatic rings. The fraction of sp³-hybridized carbons (Fsp3) is 0.545. The van der Waals surface area contributed by atoms with Crippen LogP contribution < -0.4 is 0 Å². The van der Waals surface area contributed by atoms with E-state index in [0.717, 1.165) is 56.5 Å². The summed E-state index contributed by atoms with van der Waals surface area (Å²) in [6.07, 6.45) is 8.03. The van der Waals surface area contributed by atoms with Gasteiger partial charge in [-0.05, 0) is 61.1 Å². The Morgan fingerprint density at radius 2 is 2.11 bits per heavy atom. The van der Waals surface area contributed by atoms with Crippen LogP contribution in [0.25, 0.3) is 0 Å². The van der Waals surface area contributed by atoms with Crippen molar-refractivity contribution in [3.05, 3.63) is 52.3 Å². The van der Waals surface area contributed by atoms with Crippen LogP contribution >= 0.6 is 0 Å². The second kappa shape index (κ2) is 8.26. The van der Waals surface area contributed by atoms with Crippen LogP contribution in [0.5, 0.6) is 0 Å². The lowest BCUT2D eigenvalue weighted by molar-refractivity contribution is -0.130. The third-order valence-corrected chi connectivity index (χ3v) is 6.05. The summed E-state index contributed by atoms with van der Waals surface area (Å²) in [6, 6.07) is 8.14. The fourth-order valence-corrected chi connectivity index (χ4v) is 4.55. The molecule has 2 heterocycles. The van der Waals surface area contributed by atoms with Gasteiger partial charge in [-0.3, -0.25) is 9.89 Å². The number of aromatic nitrogens is 2. The maximum absolute atomic E-state index is 12.7. The topological polar surface area (TPSA) is 69.2 Å². The van der Waals surface area contributed by atoms with Gasteiger partial charge in [0.2, 0.25) is 5.91 Å². The monoisotopic (exact) mass is 367 g/mol. The maximum atomic E-state index is 12.7. The zero-order valence-corrected chi connectivity index (χ0v) is 15.9. The molecular formula is C22H29N3O2. The number of aryl methyl sites for hydroxylation is 2. The lowest BCUT2D eigenvalue weighted by Crippen LogP contribution is -2.29. The van der Waals surface area contributed by atoms with Crippen molar-refractivity contribution in [3.63, 3.8) is 0 Å². The molecule has 4 rings (SSSR count). The summed E-state index contributed by atoms with van der Waals surface area (Å²) >= 11 is 0. The summed E-state index contributed by atoms with van der Waals surface area (Å²) in [5.41, 5.74) is 5.98. The lowest BCUT2D eigenvalue weighted by Gasteiger charge is -2.17. The van der Waals surface area contributed by atoms with Gasteiger partial charge in [-0.1, -0.05) is 24.3 Å². The minimum absolute atomic E-state index is 0.0833. The smallest absolute Gasteiger partial charge is 0.222 e. The largest absolute Gasteiger partial charge is 0.392 e. The van der Waals surface area contributed by atoms with E-state index < -0.39 is 0 Å². The number of nitrogens with one attached hydrogen (secondary N) is 1. The summed E-state index contributed by atoms with van der Waals surface area (Å²) in [6.45, 7) is 1.79. The van der Waals surface area contributed by atoms with Gasteiger partial charge < -0.3 is 10.0 Å². The van der Waals surface area contributed by atoms with Gasteiger partial charge in [-0.2, -0.15) is 5.10 Å². The van der Waals surface area contributed by atoms with Gasteiger partial charge in [0.05, 0.1) is 12.3 Å². The second-order valence-electron chi connectivity index (χ2n) is 8.01. The number of carbonyl (C=O) groups excluding carboxylic acids is 1. The van der Waals surface area contributed by atoms with Crippen LogP contribution in [0.2, 0.25) is 0 Å². The van der Waals surface area contributed by atoms with Gasteiger partial charge in [0.25, 0.3) is 0 Å². The van der Waals surface area contributed by atoms with Crippen LogP contribution in [0.15, 0.2) is 24.3 Å². The van der Waals surface area contributed by atoms with Crippen LogP contribution in [-0.2, 0) is 37.1 Å². The standard InChI is InChI=1S/C22H29N3O2/c26-15-18-5-3-4-16(13-18)12-17-10-11-25(14-17)22(27)9-8-21-19-6-1-2-7-20(19)23-24-21/h3-5,13,17,26H,1-2,6-12,14-15H2,(H,23,24)/t17-/m0/s1. The van der Waals surface area contributed by atoms with E-state index in [0.29, 0.717) is 12.3 Å². The zero-order chi connectivity index (χ0) is 18.6. The van der Waals surface area contributed by atoms with Crippen LogP contribution in [-0.4, -0.2) is 39.2 Å². The quantitative estimate of drug-likeness (QED) is 0.825. The molecule has 1 atom stereocenters. The van der Waals surface area contributed by atoms with Crippen molar-refractivity contribution >= 4 is 5.91 Å². The van der Waals surface area contributed by atoms with Gasteiger partial charge in [0.1, 0.15) is 0 Å². The molecule has 1 amide bonds. The molecule has 0 radical (unpaired) electrons. The number of H-pyrrole nitrogens is 1. The van der Waals surface area contributed by atoms with Crippen LogP contribution in [0.4, 0.5) is 0 Å². The maximum Gasteiger partial charge on any atom is 0.222 e. The van der Waals surface area contributed by atoms with E-state index in [-0.39, 0.29) is 12.5 Å². The second-order valence-corrected chi connectivity index (χ2v) is 8.01. The number of aromatic amines is 1. The van der Waals surface area contributed by atoms with E-state index in [1.807, 2.05) is 17.0 Å². The molecule has 5 nitrogen and oxygen atoms in total. The highest BCUT2D eigenvalue weighted by Crippen LogP contribution is 2.25. The molecule has 1 aromatic carbocycles. The first-order chi connectivity index (χ1) is 13.2. The van der Waals surface area contributed by atoms with Crippen molar-refractivity contribution in [2.45, 2.75) is 58.0 Å². The Hall–Kier alpha value is -2.14. The highest BCUT2D eigenvalue weighted by molar-refractivity contribution is 5.76. The SMILES string of the molecule is O=C(CCc1n[nH]c2c1CCCC2)N1CC[C@@H](Cc2cccc(CO)c2)C1. The Kier molecular flexibility index (Phi) is 5.58. The van der Waals surface area contributed by atoms with Gasteiger partial charge in [-0.25, -0.2) is 0 Å². The number of nitrogens with zero attached hydrogens (tertiary/aromatic N) is 2. The van der Waals surface area contributed by atoms with Crippen LogP contribution in [0.1, 0.15) is 53.8 Å². The van der Waals surface area contributed by atoms with Gasteiger partial charge in [-0.15, -0.1) is 0 Å². The molecule has 0 saturated carbocycles. The lowest BCUT2D eigenvalue weighted by atomic mass is 9.94. The average Bonchev–Trinajstić information content (AvgIpc) is 3.33. The molecule has 5 heteroatoms. The molecule has 0 bridgehead atoms. The van der Waals surface area contributed by atoms with E-state index in [1.54, 1.807) is 0 Å². The van der Waals surface area contributed by atoms with Gasteiger partial charge >= 0.3 is 0 Å². The van der Waals surface area contributed by atoms with E-state index in [9.17, 15) is 9.90 Å². The normalized spacial score (nSPS) is 19.3. The average molecular weight is 367 g/mol. The first-order valence-electron chi connectivity index (χ1n) is 10.2. The third-order valence-electron chi connectivity index (χ3n) is 6.05. The Labute approximate surface area is 160 Å². The molecule has 27 heavy (non-hydrogen) atoms. The number of aliphatic hydroxyl groups excluding tert-OH is 1. The molecule has 1 aromatic heterocycles. The highest BCUT2D eigenvalue weighted by Gasteiger charge is 2.26. The van der Waals surface area contributed by atoms with Crippen molar-refractivity contribution in [3.8, 4) is 0 Å². The first-order valence-corrected chi connectivity index (χ1v) is 10.2. The van der Waals surface area contributed by atoms with Crippen LogP contribution in [0.3, 0.4) is 0 Å². The Morgan fingerprint density at radius 1 is 1.26 bits per heavy atom. The summed E-state index contributed by atoms with van der Waals surface area (Å²) in [4.78, 5) is 14.7. The number of carbonyl (C=O) groups is 1. The molecule has 1 saturated heterocycles. The van der Waals surface area contributed by atoms with Gasteiger partial charge in [0, 0.05) is 31.6 Å². The molecule has 2 N–H and O–H groups in total. The number of hydrogen-bond donors (Lipinski definition) is 2. The number of amides is 1. The molecule has 2 aromatic rings. The summed E-state index contributed by atoms with van der Waals surface area (Å²) in [5, 5.41) is 16.9. The van der Waals surface area contributed by atoms with Crippen molar-refractivity contribution in [2.75, 3.05) is 13.1 Å². The molecule has 1 aliphatic carbocycles. The minimum atomic E-state index is 0.0833. The van der Waals surface area contributed by atoms with E-state index in [4.69, 9.17) is 0 Å². The summed E-state index contributed by atoms with van der Waals surface area (Å²) in [7, 11) is 0. The van der Waals surface area contributed by atoms with Crippen molar-refractivity contribution in [1.29, 1.82) is 0 Å². The van der Waals surface area contributed by atoms with E-state index >= 15 is 0 Å². The predicted molar refractivity (Wildman–Crippen MR) is 104 cm³/mol. The summed E-state index contributed by atoms with van der Waals surface area (Å²) < 4.78 is 0. The summed E-state index contributed by atoms with van der Waals surface area (Å²) in [5.74, 6) is 0.773. The van der Waals surface area contributed by atoms with E-state index in [1.165, 1.54) is 29.7 Å². The molecule has 0 unspecified atom stereocenters. The van der Waals surface area contributed by atoms with Gasteiger partial charge in [0.15, 0.2) is 0 Å². The predicted octanol–water partition coefficient (Wildman–Crippen LogP) is 2.80. The number of benzene rings is 1. The Bertz CT molecular complexity index is 799. The third kappa shape index (κ3) is 4.24. The first kappa shape index (κ1) is 18.2. The zero-order valence-electron chi connectivity index (χ0n) is 15.9. The molecule has 144 valence electrons. The molecular weight excluding hydrogens is 338 g/mol. The molecule has 0 spiro atoms. The van der Waals surface area contributed by atoms with Crippen molar-refractivity contribution in [1.82, 2.24) is 15.1 Å². The minimum Gasteiger partial charge on any atom is -0.392 e. The Balaban J connectivity index is 1.28. The number of aliphatic hydroxyl groups is 1. The van der Waals surface area contributed by atoms with E-state index in [2.05, 4.69) is 22.3 Å². The number of likely N-dealkylation sites (tertiary alicyclic amines) is 1. The van der Waals surface area contributed by atoms with Crippen LogP contribution in [0, 0.1) is 5.92 Å². The number of fused-ring (bicyclic) bond motifs is 1. The van der Waals surface area contributed by atoms with Crippen molar-refractivity contribution in [2.24, 2.45) is 5.92 Å². The fourth-order valence-electron chi connectivity index (χ4n) is 4.55.